The molecule has 0 unspecified atom stereocenters. The minimum absolute atomic E-state index is 0.0622. The van der Waals surface area contributed by atoms with Crippen LogP contribution in [-0.2, 0) is 11.3 Å². The van der Waals surface area contributed by atoms with Crippen molar-refractivity contribution in [2.75, 3.05) is 5.75 Å². The highest BCUT2D eigenvalue weighted by Crippen LogP contribution is 2.32. The van der Waals surface area contributed by atoms with Crippen LogP contribution in [0.5, 0.6) is 0 Å². The van der Waals surface area contributed by atoms with E-state index in [-0.39, 0.29) is 11.7 Å². The molecule has 1 aliphatic carbocycles. The number of thioether (sulfide) groups is 1. The van der Waals surface area contributed by atoms with Gasteiger partial charge in [0.15, 0.2) is 5.16 Å². The molecular formula is C19H25FN4OS. The van der Waals surface area contributed by atoms with Gasteiger partial charge in [0.05, 0.1) is 5.75 Å². The smallest absolute Gasteiger partial charge is 0.230 e. The number of aromatic nitrogens is 3. The third-order valence-electron chi connectivity index (χ3n) is 4.82. The quantitative estimate of drug-likeness (QED) is 0.776. The van der Waals surface area contributed by atoms with Crippen LogP contribution in [-0.4, -0.2) is 26.4 Å². The molecule has 1 heterocycles. The van der Waals surface area contributed by atoms with Crippen LogP contribution in [0, 0.1) is 19.7 Å². The van der Waals surface area contributed by atoms with Crippen LogP contribution in [0.4, 0.5) is 4.39 Å². The lowest BCUT2D eigenvalue weighted by Crippen LogP contribution is -2.25. The van der Waals surface area contributed by atoms with Crippen LogP contribution in [0.2, 0.25) is 0 Å². The molecular weight excluding hydrogens is 351 g/mol. The maximum absolute atomic E-state index is 13.3. The van der Waals surface area contributed by atoms with Crippen LogP contribution in [0.3, 0.4) is 0 Å². The molecule has 2 aromatic rings. The second-order valence-electron chi connectivity index (χ2n) is 6.84. The molecule has 1 amide bonds. The Morgan fingerprint density at radius 1 is 1.27 bits per heavy atom. The second kappa shape index (κ2) is 8.66. The fourth-order valence-corrected chi connectivity index (χ4v) is 4.29. The largest absolute Gasteiger partial charge is 0.351 e. The number of carbonyl (C=O) groups is 1. The standard InChI is InChI=1S/C19H25FN4OS/c1-13-10-15(8-9-17(13)20)11-21-18(25)12-26-19-23-22-14(2)24(19)16-6-4-3-5-7-16/h8-10,16H,3-7,11-12H2,1-2H3,(H,21,25). The van der Waals surface area contributed by atoms with Crippen molar-refractivity contribution in [2.45, 2.75) is 63.7 Å². The molecule has 0 saturated heterocycles. The summed E-state index contributed by atoms with van der Waals surface area (Å²) >= 11 is 1.43. The van der Waals surface area contributed by atoms with Gasteiger partial charge < -0.3 is 9.88 Å². The Kier molecular flexibility index (Phi) is 6.29. The number of nitrogens with one attached hydrogen (secondary N) is 1. The lowest BCUT2D eigenvalue weighted by Gasteiger charge is -2.24. The summed E-state index contributed by atoms with van der Waals surface area (Å²) in [5, 5.41) is 12.2. The molecule has 0 atom stereocenters. The maximum Gasteiger partial charge on any atom is 0.230 e. The van der Waals surface area contributed by atoms with Crippen LogP contribution in [0.25, 0.3) is 0 Å². The van der Waals surface area contributed by atoms with E-state index in [2.05, 4.69) is 20.1 Å². The predicted molar refractivity (Wildman–Crippen MR) is 101 cm³/mol. The number of rotatable bonds is 6. The summed E-state index contributed by atoms with van der Waals surface area (Å²) in [5.41, 5.74) is 1.48. The van der Waals surface area contributed by atoms with E-state index in [0.29, 0.717) is 23.9 Å². The highest BCUT2D eigenvalue weighted by Gasteiger charge is 2.21. The van der Waals surface area contributed by atoms with Crippen LogP contribution in [0.15, 0.2) is 23.4 Å². The van der Waals surface area contributed by atoms with Crippen molar-refractivity contribution in [2.24, 2.45) is 0 Å². The van der Waals surface area contributed by atoms with E-state index in [1.165, 1.54) is 37.1 Å². The molecule has 26 heavy (non-hydrogen) atoms. The lowest BCUT2D eigenvalue weighted by atomic mass is 9.95. The molecule has 1 fully saturated rings. The van der Waals surface area contributed by atoms with Crippen LogP contribution < -0.4 is 5.32 Å². The number of hydrogen-bond acceptors (Lipinski definition) is 4. The zero-order valence-electron chi connectivity index (χ0n) is 15.3. The van der Waals surface area contributed by atoms with Gasteiger partial charge in [0.25, 0.3) is 0 Å². The molecule has 1 aliphatic rings. The van der Waals surface area contributed by atoms with Crippen molar-refractivity contribution in [3.05, 3.63) is 41.0 Å². The third-order valence-corrected chi connectivity index (χ3v) is 5.76. The van der Waals surface area contributed by atoms with Gasteiger partial charge in [0.1, 0.15) is 11.6 Å². The van der Waals surface area contributed by atoms with Gasteiger partial charge in [-0.05, 0) is 43.9 Å². The van der Waals surface area contributed by atoms with E-state index in [0.717, 1.165) is 29.4 Å². The highest BCUT2D eigenvalue weighted by molar-refractivity contribution is 7.99. The third kappa shape index (κ3) is 4.63. The van der Waals surface area contributed by atoms with Gasteiger partial charge in [0.2, 0.25) is 5.91 Å². The summed E-state index contributed by atoms with van der Waals surface area (Å²) in [4.78, 5) is 12.2. The average Bonchev–Trinajstić information content (AvgIpc) is 3.02. The number of amides is 1. The topological polar surface area (TPSA) is 59.8 Å². The molecule has 0 bridgehead atoms. The normalized spacial score (nSPS) is 15.2. The van der Waals surface area contributed by atoms with E-state index >= 15 is 0 Å². The molecule has 7 heteroatoms. The Morgan fingerprint density at radius 3 is 2.77 bits per heavy atom. The first kappa shape index (κ1) is 18.9. The molecule has 0 aliphatic heterocycles. The second-order valence-corrected chi connectivity index (χ2v) is 7.78. The average molecular weight is 377 g/mol. The first-order valence-corrected chi connectivity index (χ1v) is 10.1. The monoisotopic (exact) mass is 376 g/mol. The predicted octanol–water partition coefficient (Wildman–Crippen LogP) is 3.95. The number of carbonyl (C=O) groups excluding carboxylic acids is 1. The Balaban J connectivity index is 1.53. The summed E-state index contributed by atoms with van der Waals surface area (Å²) in [6, 6.07) is 5.33. The van der Waals surface area contributed by atoms with Gasteiger partial charge in [-0.25, -0.2) is 4.39 Å². The first-order valence-electron chi connectivity index (χ1n) is 9.10. The van der Waals surface area contributed by atoms with Crippen LogP contribution in [0.1, 0.15) is 55.1 Å². The van der Waals surface area contributed by atoms with E-state index < -0.39 is 0 Å². The van der Waals surface area contributed by atoms with Crippen molar-refractivity contribution in [3.63, 3.8) is 0 Å². The summed E-state index contributed by atoms with van der Waals surface area (Å²) in [6.07, 6.45) is 6.09. The molecule has 0 radical (unpaired) electrons. The summed E-state index contributed by atoms with van der Waals surface area (Å²) in [5.74, 6) is 0.924. The first-order chi connectivity index (χ1) is 12.5. The summed E-state index contributed by atoms with van der Waals surface area (Å²) in [6.45, 7) is 4.09. The van der Waals surface area contributed by atoms with Crippen molar-refractivity contribution < 1.29 is 9.18 Å². The fourth-order valence-electron chi connectivity index (χ4n) is 3.41. The molecule has 140 valence electrons. The zero-order valence-corrected chi connectivity index (χ0v) is 16.1. The van der Waals surface area contributed by atoms with Gasteiger partial charge in [-0.15, -0.1) is 10.2 Å². The fraction of sp³-hybridized carbons (Fsp3) is 0.526. The number of hydrogen-bond donors (Lipinski definition) is 1. The Morgan fingerprint density at radius 2 is 2.04 bits per heavy atom. The Labute approximate surface area is 157 Å². The van der Waals surface area contributed by atoms with Crippen molar-refractivity contribution in [1.82, 2.24) is 20.1 Å². The van der Waals surface area contributed by atoms with E-state index in [4.69, 9.17) is 0 Å². The minimum Gasteiger partial charge on any atom is -0.351 e. The number of aryl methyl sites for hydroxylation is 2. The van der Waals surface area contributed by atoms with Gasteiger partial charge in [-0.3, -0.25) is 4.79 Å². The van der Waals surface area contributed by atoms with Gasteiger partial charge >= 0.3 is 0 Å². The van der Waals surface area contributed by atoms with Gasteiger partial charge in [-0.1, -0.05) is 43.2 Å². The zero-order chi connectivity index (χ0) is 18.5. The van der Waals surface area contributed by atoms with Gasteiger partial charge in [-0.2, -0.15) is 0 Å². The number of halogens is 1. The molecule has 3 rings (SSSR count). The van der Waals surface area contributed by atoms with Crippen molar-refractivity contribution in [3.8, 4) is 0 Å². The Hall–Kier alpha value is -1.89. The molecule has 1 saturated carbocycles. The summed E-state index contributed by atoms with van der Waals surface area (Å²) < 4.78 is 15.5. The summed E-state index contributed by atoms with van der Waals surface area (Å²) in [7, 11) is 0. The SMILES string of the molecule is Cc1cc(CNC(=O)CSc2nnc(C)n2C2CCCCC2)ccc1F. The highest BCUT2D eigenvalue weighted by atomic mass is 32.2. The minimum atomic E-state index is -0.229. The number of benzene rings is 1. The lowest BCUT2D eigenvalue weighted by molar-refractivity contribution is -0.118. The van der Waals surface area contributed by atoms with E-state index in [9.17, 15) is 9.18 Å². The maximum atomic E-state index is 13.3. The molecule has 1 N–H and O–H groups in total. The molecule has 1 aromatic carbocycles. The number of nitrogens with zero attached hydrogens (tertiary/aromatic N) is 3. The Bertz CT molecular complexity index is 771. The van der Waals surface area contributed by atoms with Crippen molar-refractivity contribution in [1.29, 1.82) is 0 Å². The van der Waals surface area contributed by atoms with Crippen LogP contribution >= 0.6 is 11.8 Å². The van der Waals surface area contributed by atoms with Gasteiger partial charge in [0, 0.05) is 12.6 Å². The molecule has 5 nitrogen and oxygen atoms in total. The van der Waals surface area contributed by atoms with Crippen molar-refractivity contribution >= 4 is 17.7 Å². The molecule has 1 aromatic heterocycles. The van der Waals surface area contributed by atoms with E-state index in [1.807, 2.05) is 6.92 Å². The van der Waals surface area contributed by atoms with E-state index in [1.54, 1.807) is 19.1 Å². The molecule has 0 spiro atoms.